The largest absolute Gasteiger partial charge is 0.492 e. The predicted octanol–water partition coefficient (Wildman–Crippen LogP) is 6.08. The van der Waals surface area contributed by atoms with Gasteiger partial charge in [0.15, 0.2) is 0 Å². The van der Waals surface area contributed by atoms with Crippen molar-refractivity contribution in [3.8, 4) is 11.5 Å². The van der Waals surface area contributed by atoms with Crippen molar-refractivity contribution in [3.05, 3.63) is 68.8 Å². The summed E-state index contributed by atoms with van der Waals surface area (Å²) in [6.45, 7) is 6.10. The van der Waals surface area contributed by atoms with Gasteiger partial charge in [-0.25, -0.2) is 4.39 Å². The lowest BCUT2D eigenvalue weighted by atomic mass is 10.1. The first-order chi connectivity index (χ1) is 15.7. The number of carbonyl (C=O) groups is 2. The number of benzene rings is 2. The van der Waals surface area contributed by atoms with Crippen LogP contribution in [0.3, 0.4) is 0 Å². The van der Waals surface area contributed by atoms with Crippen LogP contribution in [-0.2, 0) is 6.42 Å². The standard InChI is InChI=1S/C24H22ClFN2O4S/c1-4-31-20-9-14-8-13(3)32-19(14)11-18(20)27-24(30)22-12(2)7-21(33-22)28-23(29)16-6-5-15(26)10-17(16)25/h5-7,9-11,13H,4,8H2,1-3H3,(H,27,30)(H,28,29). The lowest BCUT2D eigenvalue weighted by Gasteiger charge is -2.13. The summed E-state index contributed by atoms with van der Waals surface area (Å²) in [4.78, 5) is 26.0. The maximum absolute atomic E-state index is 13.3. The highest BCUT2D eigenvalue weighted by molar-refractivity contribution is 7.18. The van der Waals surface area contributed by atoms with E-state index in [4.69, 9.17) is 21.1 Å². The molecule has 1 aromatic heterocycles. The molecule has 1 unspecified atom stereocenters. The third-order valence-electron chi connectivity index (χ3n) is 5.08. The molecule has 2 heterocycles. The smallest absolute Gasteiger partial charge is 0.266 e. The van der Waals surface area contributed by atoms with Crippen LogP contribution >= 0.6 is 22.9 Å². The molecule has 1 aliphatic rings. The number of hydrogen-bond donors (Lipinski definition) is 2. The molecule has 6 nitrogen and oxygen atoms in total. The Morgan fingerprint density at radius 1 is 1.21 bits per heavy atom. The Kier molecular flexibility index (Phi) is 6.58. The van der Waals surface area contributed by atoms with Crippen LogP contribution in [0.2, 0.25) is 5.02 Å². The summed E-state index contributed by atoms with van der Waals surface area (Å²) < 4.78 is 24.8. The van der Waals surface area contributed by atoms with Crippen LogP contribution in [0.5, 0.6) is 11.5 Å². The second-order valence-electron chi connectivity index (χ2n) is 7.68. The van der Waals surface area contributed by atoms with Gasteiger partial charge in [0, 0.05) is 18.1 Å². The molecular formula is C24H22ClFN2O4S. The molecule has 4 rings (SSSR count). The maximum Gasteiger partial charge on any atom is 0.266 e. The summed E-state index contributed by atoms with van der Waals surface area (Å²) in [5.41, 5.74) is 2.40. The fraction of sp³-hybridized carbons (Fsp3) is 0.250. The average Bonchev–Trinajstić information content (AvgIpc) is 3.28. The average molecular weight is 489 g/mol. The highest BCUT2D eigenvalue weighted by Crippen LogP contribution is 2.39. The van der Waals surface area contributed by atoms with E-state index in [9.17, 15) is 14.0 Å². The summed E-state index contributed by atoms with van der Waals surface area (Å²) >= 11 is 7.10. The van der Waals surface area contributed by atoms with Crippen molar-refractivity contribution in [2.75, 3.05) is 17.2 Å². The predicted molar refractivity (Wildman–Crippen MR) is 128 cm³/mol. The lowest BCUT2D eigenvalue weighted by molar-refractivity contribution is 0.102. The Labute approximate surface area is 199 Å². The quantitative estimate of drug-likeness (QED) is 0.441. The zero-order valence-corrected chi connectivity index (χ0v) is 19.8. The minimum atomic E-state index is -0.527. The van der Waals surface area contributed by atoms with Gasteiger partial charge in [-0.1, -0.05) is 11.6 Å². The van der Waals surface area contributed by atoms with Crippen LogP contribution in [0, 0.1) is 12.7 Å². The van der Waals surface area contributed by atoms with Crippen molar-refractivity contribution in [1.29, 1.82) is 0 Å². The number of nitrogens with one attached hydrogen (secondary N) is 2. The molecule has 1 atom stereocenters. The van der Waals surface area contributed by atoms with Crippen molar-refractivity contribution in [2.45, 2.75) is 33.3 Å². The molecule has 3 aromatic rings. The zero-order chi connectivity index (χ0) is 23.7. The van der Waals surface area contributed by atoms with Gasteiger partial charge in [0.25, 0.3) is 11.8 Å². The molecular weight excluding hydrogens is 467 g/mol. The summed E-state index contributed by atoms with van der Waals surface area (Å²) in [6, 6.07) is 8.93. The van der Waals surface area contributed by atoms with Gasteiger partial charge in [0.1, 0.15) is 23.4 Å². The van der Waals surface area contributed by atoms with E-state index in [1.165, 1.54) is 6.07 Å². The van der Waals surface area contributed by atoms with Gasteiger partial charge in [0.2, 0.25) is 0 Å². The lowest BCUT2D eigenvalue weighted by Crippen LogP contribution is -2.13. The molecule has 0 radical (unpaired) electrons. The van der Waals surface area contributed by atoms with Gasteiger partial charge in [0.05, 0.1) is 32.8 Å². The zero-order valence-electron chi connectivity index (χ0n) is 18.3. The fourth-order valence-electron chi connectivity index (χ4n) is 3.61. The molecule has 0 bridgehead atoms. The Hall–Kier alpha value is -3.10. The van der Waals surface area contributed by atoms with E-state index >= 15 is 0 Å². The van der Waals surface area contributed by atoms with Crippen LogP contribution in [0.1, 0.15) is 45.0 Å². The minimum absolute atomic E-state index is 0.00958. The van der Waals surface area contributed by atoms with Crippen molar-refractivity contribution in [1.82, 2.24) is 0 Å². The number of thiophene rings is 1. The Morgan fingerprint density at radius 3 is 2.73 bits per heavy atom. The van der Waals surface area contributed by atoms with E-state index < -0.39 is 11.7 Å². The van der Waals surface area contributed by atoms with Crippen molar-refractivity contribution in [3.63, 3.8) is 0 Å². The summed E-state index contributed by atoms with van der Waals surface area (Å²) in [7, 11) is 0. The number of halogens is 2. The van der Waals surface area contributed by atoms with E-state index in [1.807, 2.05) is 19.9 Å². The van der Waals surface area contributed by atoms with E-state index in [1.54, 1.807) is 19.1 Å². The number of fused-ring (bicyclic) bond motifs is 1. The molecule has 0 fully saturated rings. The van der Waals surface area contributed by atoms with Crippen LogP contribution in [0.4, 0.5) is 15.1 Å². The number of aryl methyl sites for hydroxylation is 1. The number of ether oxygens (including phenoxy) is 2. The van der Waals surface area contributed by atoms with E-state index in [2.05, 4.69) is 10.6 Å². The van der Waals surface area contributed by atoms with Gasteiger partial charge >= 0.3 is 0 Å². The van der Waals surface area contributed by atoms with Gasteiger partial charge in [-0.15, -0.1) is 11.3 Å². The fourth-order valence-corrected chi connectivity index (χ4v) is 4.83. The second kappa shape index (κ2) is 9.41. The number of amides is 2. The molecule has 2 amide bonds. The number of anilines is 2. The van der Waals surface area contributed by atoms with E-state index in [-0.39, 0.29) is 22.6 Å². The Balaban J connectivity index is 1.53. The van der Waals surface area contributed by atoms with Crippen LogP contribution in [0.15, 0.2) is 36.4 Å². The van der Waals surface area contributed by atoms with Crippen LogP contribution < -0.4 is 20.1 Å². The molecule has 0 spiro atoms. The molecule has 2 aromatic carbocycles. The third kappa shape index (κ3) is 4.96. The summed E-state index contributed by atoms with van der Waals surface area (Å²) in [6.07, 6.45) is 0.857. The monoisotopic (exact) mass is 488 g/mol. The van der Waals surface area contributed by atoms with Gasteiger partial charge in [-0.05, 0) is 56.7 Å². The first-order valence-corrected chi connectivity index (χ1v) is 11.6. The van der Waals surface area contributed by atoms with Gasteiger partial charge < -0.3 is 20.1 Å². The molecule has 172 valence electrons. The minimum Gasteiger partial charge on any atom is -0.492 e. The normalized spacial score (nSPS) is 14.4. The van der Waals surface area contributed by atoms with Crippen molar-refractivity contribution in [2.24, 2.45) is 0 Å². The number of rotatable bonds is 6. The first-order valence-electron chi connectivity index (χ1n) is 10.4. The Bertz CT molecular complexity index is 1240. The van der Waals surface area contributed by atoms with E-state index in [0.29, 0.717) is 33.5 Å². The number of hydrogen-bond acceptors (Lipinski definition) is 5. The maximum atomic E-state index is 13.3. The molecule has 2 N–H and O–H groups in total. The molecule has 0 aliphatic carbocycles. The van der Waals surface area contributed by atoms with Crippen molar-refractivity contribution >= 4 is 45.4 Å². The first kappa shape index (κ1) is 23.1. The van der Waals surface area contributed by atoms with Crippen LogP contribution in [-0.4, -0.2) is 24.5 Å². The van der Waals surface area contributed by atoms with Crippen LogP contribution in [0.25, 0.3) is 0 Å². The summed E-state index contributed by atoms with van der Waals surface area (Å²) in [5, 5.41) is 6.10. The Morgan fingerprint density at radius 2 is 2.00 bits per heavy atom. The second-order valence-corrected chi connectivity index (χ2v) is 9.14. The van der Waals surface area contributed by atoms with Crippen molar-refractivity contribution < 1.29 is 23.5 Å². The highest BCUT2D eigenvalue weighted by atomic mass is 35.5. The molecule has 33 heavy (non-hydrogen) atoms. The number of carbonyl (C=O) groups excluding carboxylic acids is 2. The molecule has 0 saturated carbocycles. The molecule has 1 aliphatic heterocycles. The van der Waals surface area contributed by atoms with Gasteiger partial charge in [-0.2, -0.15) is 0 Å². The summed E-state index contributed by atoms with van der Waals surface area (Å²) in [5.74, 6) is -0.0360. The third-order valence-corrected chi connectivity index (χ3v) is 6.55. The topological polar surface area (TPSA) is 76.7 Å². The SMILES string of the molecule is CCOc1cc2c(cc1NC(=O)c1sc(NC(=O)c3ccc(F)cc3Cl)cc1C)OC(C)C2. The van der Waals surface area contributed by atoms with Gasteiger partial charge in [-0.3, -0.25) is 9.59 Å². The molecule has 0 saturated heterocycles. The highest BCUT2D eigenvalue weighted by Gasteiger charge is 2.24. The molecule has 9 heteroatoms. The van der Waals surface area contributed by atoms with E-state index in [0.717, 1.165) is 41.2 Å².